The molecule has 1 aromatic carbocycles. The Morgan fingerprint density at radius 2 is 2.05 bits per heavy atom. The minimum atomic E-state index is 0.255. The molecule has 4 heteroatoms. The third kappa shape index (κ3) is 4.73. The molecule has 0 fully saturated rings. The minimum absolute atomic E-state index is 0.255. The average molecular weight is 362 g/mol. The maximum absolute atomic E-state index is 6.09. The van der Waals surface area contributed by atoms with Crippen molar-refractivity contribution in [3.05, 3.63) is 33.3 Å². The first kappa shape index (κ1) is 18.0. The quantitative estimate of drug-likeness (QED) is 0.705. The lowest BCUT2D eigenvalue weighted by Gasteiger charge is -2.36. The first-order chi connectivity index (χ1) is 9.54. The predicted octanol–water partition coefficient (Wildman–Crippen LogP) is 5.00. The van der Waals surface area contributed by atoms with E-state index < -0.39 is 0 Å². The van der Waals surface area contributed by atoms with Gasteiger partial charge in [-0.1, -0.05) is 37.9 Å². The molecule has 0 aliphatic rings. The first-order valence-electron chi connectivity index (χ1n) is 7.45. The molecule has 2 N–H and O–H groups in total. The first-order valence-corrected chi connectivity index (χ1v) is 8.62. The van der Waals surface area contributed by atoms with Crippen molar-refractivity contribution in [1.29, 1.82) is 0 Å². The molecule has 2 unspecified atom stereocenters. The van der Waals surface area contributed by atoms with E-state index in [1.165, 1.54) is 18.4 Å². The number of hydrogen-bond acceptors (Lipinski definition) is 2. The number of benzene rings is 1. The molecule has 0 amide bonds. The largest absolute Gasteiger partial charge is 0.329 e. The smallest absolute Gasteiger partial charge is 0.0548 e. The van der Waals surface area contributed by atoms with Crippen molar-refractivity contribution in [2.75, 3.05) is 13.1 Å². The van der Waals surface area contributed by atoms with Gasteiger partial charge in [-0.05, 0) is 59.9 Å². The van der Waals surface area contributed by atoms with Gasteiger partial charge in [0.15, 0.2) is 0 Å². The number of nitrogens with zero attached hydrogens (tertiary/aromatic N) is 1. The highest BCUT2D eigenvalue weighted by molar-refractivity contribution is 9.10. The highest BCUT2D eigenvalue weighted by Crippen LogP contribution is 2.30. The monoisotopic (exact) mass is 360 g/mol. The van der Waals surface area contributed by atoms with Crippen LogP contribution in [0.15, 0.2) is 22.7 Å². The molecule has 0 saturated carbocycles. The summed E-state index contributed by atoms with van der Waals surface area (Å²) in [6, 6.07) is 6.92. The van der Waals surface area contributed by atoms with E-state index in [4.69, 9.17) is 17.3 Å². The fourth-order valence-electron chi connectivity index (χ4n) is 2.44. The summed E-state index contributed by atoms with van der Waals surface area (Å²) in [5.41, 5.74) is 7.30. The van der Waals surface area contributed by atoms with Crippen LogP contribution in [-0.4, -0.2) is 24.0 Å². The highest BCUT2D eigenvalue weighted by Gasteiger charge is 2.23. The number of rotatable bonds is 8. The topological polar surface area (TPSA) is 29.3 Å². The molecular weight excluding hydrogens is 336 g/mol. The van der Waals surface area contributed by atoms with E-state index in [2.05, 4.69) is 53.7 Å². The molecule has 0 aliphatic carbocycles. The Kier molecular flexibility index (Phi) is 8.11. The van der Waals surface area contributed by atoms with Crippen molar-refractivity contribution in [2.45, 2.75) is 52.1 Å². The summed E-state index contributed by atoms with van der Waals surface area (Å²) in [5.74, 6) is 0. The molecule has 2 atom stereocenters. The second-order valence-corrected chi connectivity index (χ2v) is 6.54. The van der Waals surface area contributed by atoms with Gasteiger partial charge in [-0.25, -0.2) is 0 Å². The van der Waals surface area contributed by atoms with Gasteiger partial charge in [0.2, 0.25) is 0 Å². The summed E-state index contributed by atoms with van der Waals surface area (Å²) in [6.45, 7) is 8.46. The van der Waals surface area contributed by atoms with Crippen LogP contribution in [0.1, 0.15) is 51.6 Å². The van der Waals surface area contributed by atoms with Gasteiger partial charge in [0.1, 0.15) is 0 Å². The molecule has 0 bridgehead atoms. The van der Waals surface area contributed by atoms with Gasteiger partial charge < -0.3 is 5.73 Å². The summed E-state index contributed by atoms with van der Waals surface area (Å²) < 4.78 is 0.940. The van der Waals surface area contributed by atoms with Crippen LogP contribution in [0.3, 0.4) is 0 Å². The Hall–Kier alpha value is -0.0900. The third-order valence-corrected chi connectivity index (χ3v) is 5.09. The molecule has 1 rings (SSSR count). The maximum Gasteiger partial charge on any atom is 0.0548 e. The Labute approximate surface area is 136 Å². The van der Waals surface area contributed by atoms with Crippen molar-refractivity contribution < 1.29 is 0 Å². The zero-order chi connectivity index (χ0) is 15.1. The zero-order valence-electron chi connectivity index (χ0n) is 12.7. The van der Waals surface area contributed by atoms with E-state index in [1.54, 1.807) is 0 Å². The maximum atomic E-state index is 6.09. The van der Waals surface area contributed by atoms with Gasteiger partial charge in [0.05, 0.1) is 5.02 Å². The lowest BCUT2D eigenvalue weighted by Crippen LogP contribution is -2.40. The predicted molar refractivity (Wildman–Crippen MR) is 92.3 cm³/mol. The molecule has 0 aliphatic heterocycles. The Morgan fingerprint density at radius 1 is 1.35 bits per heavy atom. The molecule has 2 nitrogen and oxygen atoms in total. The Balaban J connectivity index is 3.01. The van der Waals surface area contributed by atoms with Gasteiger partial charge >= 0.3 is 0 Å². The van der Waals surface area contributed by atoms with Crippen LogP contribution >= 0.6 is 27.5 Å². The molecule has 0 saturated heterocycles. The summed E-state index contributed by atoms with van der Waals surface area (Å²) in [4.78, 5) is 2.53. The van der Waals surface area contributed by atoms with Crippen LogP contribution in [0.25, 0.3) is 0 Å². The second-order valence-electron chi connectivity index (χ2n) is 5.27. The van der Waals surface area contributed by atoms with Gasteiger partial charge in [0.25, 0.3) is 0 Å². The summed E-state index contributed by atoms with van der Waals surface area (Å²) in [6.07, 6.45) is 3.54. The van der Waals surface area contributed by atoms with Crippen LogP contribution in [0, 0.1) is 0 Å². The number of halogens is 2. The van der Waals surface area contributed by atoms with Crippen LogP contribution in [0.5, 0.6) is 0 Å². The Morgan fingerprint density at radius 3 is 2.55 bits per heavy atom. The fourth-order valence-corrected chi connectivity index (χ4v) is 2.96. The molecule has 20 heavy (non-hydrogen) atoms. The van der Waals surface area contributed by atoms with E-state index in [1.807, 2.05) is 6.07 Å². The molecule has 114 valence electrons. The van der Waals surface area contributed by atoms with Crippen molar-refractivity contribution in [1.82, 2.24) is 4.90 Å². The molecule has 0 aromatic heterocycles. The lowest BCUT2D eigenvalue weighted by atomic mass is 10.0. The number of unbranched alkanes of at least 4 members (excludes halogenated alkanes) is 1. The van der Waals surface area contributed by atoms with Gasteiger partial charge in [-0.3, -0.25) is 4.90 Å². The SMILES string of the molecule is CCCCN(C(C)CC)C(CN)c1ccc(Cl)c(Br)c1. The van der Waals surface area contributed by atoms with E-state index >= 15 is 0 Å². The molecule has 0 heterocycles. The lowest BCUT2D eigenvalue weighted by molar-refractivity contribution is 0.141. The van der Waals surface area contributed by atoms with Crippen molar-refractivity contribution in [2.24, 2.45) is 5.73 Å². The van der Waals surface area contributed by atoms with E-state index in [9.17, 15) is 0 Å². The van der Waals surface area contributed by atoms with Crippen LogP contribution in [0.2, 0.25) is 5.02 Å². The number of hydrogen-bond donors (Lipinski definition) is 1. The van der Waals surface area contributed by atoms with Crippen LogP contribution in [0.4, 0.5) is 0 Å². The van der Waals surface area contributed by atoms with E-state index in [0.717, 1.165) is 22.5 Å². The fraction of sp³-hybridized carbons (Fsp3) is 0.625. The normalized spacial score (nSPS) is 14.6. The zero-order valence-corrected chi connectivity index (χ0v) is 15.0. The summed E-state index contributed by atoms with van der Waals surface area (Å²) >= 11 is 9.60. The van der Waals surface area contributed by atoms with Gasteiger partial charge in [0, 0.05) is 23.1 Å². The molecule has 0 spiro atoms. The van der Waals surface area contributed by atoms with Crippen molar-refractivity contribution in [3.8, 4) is 0 Å². The van der Waals surface area contributed by atoms with Gasteiger partial charge in [-0.15, -0.1) is 0 Å². The molecular formula is C16H26BrClN2. The van der Waals surface area contributed by atoms with Crippen LogP contribution < -0.4 is 5.73 Å². The average Bonchev–Trinajstić information content (AvgIpc) is 2.46. The van der Waals surface area contributed by atoms with Crippen molar-refractivity contribution in [3.63, 3.8) is 0 Å². The highest BCUT2D eigenvalue weighted by atomic mass is 79.9. The molecule has 1 aromatic rings. The summed E-state index contributed by atoms with van der Waals surface area (Å²) in [5, 5.41) is 0.744. The van der Waals surface area contributed by atoms with Gasteiger partial charge in [-0.2, -0.15) is 0 Å². The second kappa shape index (κ2) is 9.04. The minimum Gasteiger partial charge on any atom is -0.329 e. The third-order valence-electron chi connectivity index (χ3n) is 3.88. The standard InChI is InChI=1S/C16H26BrClN2/c1-4-6-9-20(12(3)5-2)16(11-19)13-7-8-15(18)14(17)10-13/h7-8,10,12,16H,4-6,9,11,19H2,1-3H3. The number of nitrogens with two attached hydrogens (primary N) is 1. The van der Waals surface area contributed by atoms with E-state index in [-0.39, 0.29) is 6.04 Å². The van der Waals surface area contributed by atoms with Crippen molar-refractivity contribution >= 4 is 27.5 Å². The Bertz CT molecular complexity index is 411. The van der Waals surface area contributed by atoms with E-state index in [0.29, 0.717) is 12.6 Å². The van der Waals surface area contributed by atoms with Crippen LogP contribution in [-0.2, 0) is 0 Å². The molecule has 0 radical (unpaired) electrons. The summed E-state index contributed by atoms with van der Waals surface area (Å²) in [7, 11) is 0.